The van der Waals surface area contributed by atoms with Crippen LogP contribution in [-0.2, 0) is 0 Å². The summed E-state index contributed by atoms with van der Waals surface area (Å²) in [5.41, 5.74) is 0. The van der Waals surface area contributed by atoms with E-state index in [0.29, 0.717) is 0 Å². The first-order valence-electron chi connectivity index (χ1n) is 3.49. The molecule has 0 fully saturated rings. The molecule has 0 saturated heterocycles. The molecule has 0 rings (SSSR count). The minimum absolute atomic E-state index is 0.118. The number of thioether (sulfide) groups is 1. The zero-order chi connectivity index (χ0) is 8.04. The number of hydrogen-bond acceptors (Lipinski definition) is 2. The zero-order valence-corrected chi connectivity index (χ0v) is 7.50. The number of nitriles is 1. The van der Waals surface area contributed by atoms with E-state index in [1.807, 2.05) is 0 Å². The summed E-state index contributed by atoms with van der Waals surface area (Å²) in [6, 6.07) is 0. The molecule has 0 atom stereocenters. The topological polar surface area (TPSA) is 23.8 Å². The normalized spacial score (nSPS) is 11.0. The van der Waals surface area contributed by atoms with Crippen LogP contribution >= 0.6 is 11.8 Å². The Labute approximate surface area is 67.8 Å². The number of hydrogen-bond donors (Lipinski definition) is 0. The molecule has 10 heavy (non-hydrogen) atoms. The highest BCUT2D eigenvalue weighted by Gasteiger charge is 2.16. The monoisotopic (exact) mass is 156 g/mol. The van der Waals surface area contributed by atoms with Gasteiger partial charge in [-0.15, -0.1) is 0 Å². The highest BCUT2D eigenvalue weighted by Crippen LogP contribution is 2.28. The molecular formula is C8H14NS. The lowest BCUT2D eigenvalue weighted by Gasteiger charge is -2.18. The van der Waals surface area contributed by atoms with Gasteiger partial charge in [-0.1, -0.05) is 19.8 Å². The van der Waals surface area contributed by atoms with Gasteiger partial charge >= 0.3 is 0 Å². The SMILES string of the molecule is [CH2]CCCC(C)(C)SC#N. The van der Waals surface area contributed by atoms with Crippen molar-refractivity contribution in [3.8, 4) is 5.40 Å². The van der Waals surface area contributed by atoms with E-state index in [-0.39, 0.29) is 4.75 Å². The zero-order valence-electron chi connectivity index (χ0n) is 6.68. The highest BCUT2D eigenvalue weighted by atomic mass is 32.2. The summed E-state index contributed by atoms with van der Waals surface area (Å²) in [5.74, 6) is 0. The lowest BCUT2D eigenvalue weighted by Crippen LogP contribution is -2.12. The fraction of sp³-hybridized carbons (Fsp3) is 0.750. The van der Waals surface area contributed by atoms with Gasteiger partial charge in [0.1, 0.15) is 5.40 Å². The molecule has 0 aliphatic carbocycles. The molecule has 0 aromatic heterocycles. The van der Waals surface area contributed by atoms with Crippen molar-refractivity contribution in [3.05, 3.63) is 6.92 Å². The first-order chi connectivity index (χ1) is 4.62. The van der Waals surface area contributed by atoms with E-state index in [1.54, 1.807) is 0 Å². The Morgan fingerprint density at radius 3 is 2.60 bits per heavy atom. The first-order valence-corrected chi connectivity index (χ1v) is 4.30. The lowest BCUT2D eigenvalue weighted by molar-refractivity contribution is 0.608. The van der Waals surface area contributed by atoms with Gasteiger partial charge in [0.05, 0.1) is 0 Å². The minimum atomic E-state index is 0.118. The molecule has 2 heteroatoms. The number of nitrogens with zero attached hydrogens (tertiary/aromatic N) is 1. The third-order valence-corrected chi connectivity index (χ3v) is 2.20. The smallest absolute Gasteiger partial charge is 0.133 e. The van der Waals surface area contributed by atoms with E-state index in [1.165, 1.54) is 11.8 Å². The van der Waals surface area contributed by atoms with Crippen molar-refractivity contribution in [1.82, 2.24) is 0 Å². The predicted octanol–water partition coefficient (Wildman–Crippen LogP) is 2.98. The predicted molar refractivity (Wildman–Crippen MR) is 46.5 cm³/mol. The summed E-state index contributed by atoms with van der Waals surface area (Å²) in [6.45, 7) is 7.94. The second-order valence-electron chi connectivity index (χ2n) is 2.91. The van der Waals surface area contributed by atoms with E-state index in [9.17, 15) is 0 Å². The Balaban J connectivity index is 3.55. The maximum Gasteiger partial charge on any atom is 0.133 e. The van der Waals surface area contributed by atoms with Gasteiger partial charge in [-0.2, -0.15) is 5.26 Å². The van der Waals surface area contributed by atoms with Gasteiger partial charge in [-0.05, 0) is 32.0 Å². The average molecular weight is 156 g/mol. The molecule has 0 bridgehead atoms. The Hall–Kier alpha value is -0.160. The molecule has 0 saturated carbocycles. The van der Waals surface area contributed by atoms with Gasteiger partial charge < -0.3 is 0 Å². The molecular weight excluding hydrogens is 142 g/mol. The Morgan fingerprint density at radius 1 is 1.60 bits per heavy atom. The lowest BCUT2D eigenvalue weighted by atomic mass is 10.1. The van der Waals surface area contributed by atoms with Gasteiger partial charge in [0.15, 0.2) is 0 Å². The Kier molecular flexibility index (Phi) is 4.55. The molecule has 1 nitrogen and oxygen atoms in total. The van der Waals surface area contributed by atoms with Crippen molar-refractivity contribution in [2.24, 2.45) is 0 Å². The standard InChI is InChI=1S/C8H14NS/c1-4-5-6-8(2,3)10-7-9/h1,4-6H2,2-3H3. The van der Waals surface area contributed by atoms with Crippen LogP contribution in [0.1, 0.15) is 33.1 Å². The second kappa shape index (κ2) is 4.62. The average Bonchev–Trinajstić information content (AvgIpc) is 1.84. The van der Waals surface area contributed by atoms with Crippen molar-refractivity contribution in [3.63, 3.8) is 0 Å². The van der Waals surface area contributed by atoms with Crippen molar-refractivity contribution in [1.29, 1.82) is 5.26 Å². The van der Waals surface area contributed by atoms with E-state index in [2.05, 4.69) is 26.2 Å². The van der Waals surface area contributed by atoms with Crippen LogP contribution in [0.3, 0.4) is 0 Å². The van der Waals surface area contributed by atoms with Gasteiger partial charge in [0, 0.05) is 4.75 Å². The van der Waals surface area contributed by atoms with E-state index < -0.39 is 0 Å². The summed E-state index contributed by atoms with van der Waals surface area (Å²) in [5, 5.41) is 10.5. The van der Waals surface area contributed by atoms with Gasteiger partial charge in [-0.25, -0.2) is 0 Å². The van der Waals surface area contributed by atoms with Crippen molar-refractivity contribution in [2.45, 2.75) is 37.9 Å². The van der Waals surface area contributed by atoms with Crippen LogP contribution in [0.5, 0.6) is 0 Å². The van der Waals surface area contributed by atoms with Crippen molar-refractivity contribution in [2.75, 3.05) is 0 Å². The number of thiocyanates is 1. The molecule has 0 N–H and O–H groups in total. The Bertz CT molecular complexity index is 124. The molecule has 0 unspecified atom stereocenters. The number of rotatable bonds is 4. The Morgan fingerprint density at radius 2 is 2.20 bits per heavy atom. The molecule has 0 amide bonds. The molecule has 0 spiro atoms. The fourth-order valence-corrected chi connectivity index (χ4v) is 1.22. The van der Waals surface area contributed by atoms with Crippen LogP contribution in [0, 0.1) is 17.6 Å². The van der Waals surface area contributed by atoms with Crippen LogP contribution in [0.4, 0.5) is 0 Å². The summed E-state index contributed by atoms with van der Waals surface area (Å²) in [6.07, 6.45) is 3.16. The number of unbranched alkanes of at least 4 members (excludes halogenated alkanes) is 1. The van der Waals surface area contributed by atoms with E-state index >= 15 is 0 Å². The molecule has 1 radical (unpaired) electrons. The molecule has 0 aliphatic heterocycles. The maximum absolute atomic E-state index is 8.40. The van der Waals surface area contributed by atoms with Crippen LogP contribution in [0.2, 0.25) is 0 Å². The van der Waals surface area contributed by atoms with Crippen LogP contribution in [0.25, 0.3) is 0 Å². The largest absolute Gasteiger partial charge is 0.185 e. The van der Waals surface area contributed by atoms with E-state index in [4.69, 9.17) is 5.26 Å². The first kappa shape index (κ1) is 9.84. The third-order valence-electron chi connectivity index (χ3n) is 1.35. The van der Waals surface area contributed by atoms with Crippen molar-refractivity contribution >= 4 is 11.8 Å². The minimum Gasteiger partial charge on any atom is -0.185 e. The third kappa shape index (κ3) is 4.69. The maximum atomic E-state index is 8.40. The molecule has 0 aliphatic rings. The van der Waals surface area contributed by atoms with Crippen LogP contribution in [-0.4, -0.2) is 4.75 Å². The van der Waals surface area contributed by atoms with Gasteiger partial charge in [-0.3, -0.25) is 0 Å². The summed E-state index contributed by atoms with van der Waals surface area (Å²) >= 11 is 1.35. The van der Waals surface area contributed by atoms with Crippen molar-refractivity contribution < 1.29 is 0 Å². The molecule has 0 aromatic rings. The second-order valence-corrected chi connectivity index (χ2v) is 4.40. The molecule has 0 heterocycles. The van der Waals surface area contributed by atoms with Crippen LogP contribution in [0.15, 0.2) is 0 Å². The van der Waals surface area contributed by atoms with Gasteiger partial charge in [0.25, 0.3) is 0 Å². The molecule has 0 aromatic carbocycles. The summed E-state index contributed by atoms with van der Waals surface area (Å²) in [4.78, 5) is 0. The van der Waals surface area contributed by atoms with E-state index in [0.717, 1.165) is 19.3 Å². The fourth-order valence-electron chi connectivity index (χ4n) is 0.725. The summed E-state index contributed by atoms with van der Waals surface area (Å²) in [7, 11) is 0. The van der Waals surface area contributed by atoms with Crippen LogP contribution < -0.4 is 0 Å². The summed E-state index contributed by atoms with van der Waals surface area (Å²) < 4.78 is 0.118. The highest BCUT2D eigenvalue weighted by molar-refractivity contribution is 8.04. The quantitative estimate of drug-likeness (QED) is 0.584. The van der Waals surface area contributed by atoms with Gasteiger partial charge in [0.2, 0.25) is 0 Å². The molecule has 57 valence electrons.